The van der Waals surface area contributed by atoms with Crippen LogP contribution in [0.4, 0.5) is 4.39 Å². The fourth-order valence-corrected chi connectivity index (χ4v) is 3.72. The van der Waals surface area contributed by atoms with E-state index in [4.69, 9.17) is 19.3 Å². The number of halogens is 1. The van der Waals surface area contributed by atoms with E-state index in [-0.39, 0.29) is 18.5 Å². The van der Waals surface area contributed by atoms with Gasteiger partial charge in [0.2, 0.25) is 5.88 Å². The van der Waals surface area contributed by atoms with Crippen molar-refractivity contribution in [2.75, 3.05) is 33.4 Å². The van der Waals surface area contributed by atoms with Gasteiger partial charge in [0, 0.05) is 26.7 Å². The minimum absolute atomic E-state index is 0.0450. The molecule has 1 atom stereocenters. The second-order valence-corrected chi connectivity index (χ2v) is 8.65. The Morgan fingerprint density at radius 1 is 1.09 bits per heavy atom. The highest BCUT2D eigenvalue weighted by Crippen LogP contribution is 2.32. The molecular weight excluding hydrogens is 449 g/mol. The van der Waals surface area contributed by atoms with E-state index in [1.165, 1.54) is 12.1 Å². The first-order valence-corrected chi connectivity index (χ1v) is 12.0. The molecular formula is C27H36FN3O4. The molecule has 1 heterocycles. The van der Waals surface area contributed by atoms with E-state index < -0.39 is 6.10 Å². The summed E-state index contributed by atoms with van der Waals surface area (Å²) in [6.07, 6.45) is 0.0973. The van der Waals surface area contributed by atoms with Gasteiger partial charge in [0.05, 0.1) is 42.4 Å². The molecule has 0 amide bonds. The largest absolute Gasteiger partial charge is 0.439 e. The van der Waals surface area contributed by atoms with Crippen LogP contribution in [0.5, 0.6) is 11.6 Å². The normalized spacial score (nSPS) is 12.5. The van der Waals surface area contributed by atoms with Crippen LogP contribution in [0.2, 0.25) is 0 Å². The van der Waals surface area contributed by atoms with Gasteiger partial charge >= 0.3 is 0 Å². The van der Waals surface area contributed by atoms with Crippen molar-refractivity contribution in [1.29, 1.82) is 0 Å². The van der Waals surface area contributed by atoms with Gasteiger partial charge in [-0.05, 0) is 56.7 Å². The summed E-state index contributed by atoms with van der Waals surface area (Å²) < 4.78 is 32.5. The molecule has 3 rings (SSSR count). The third-order valence-electron chi connectivity index (χ3n) is 5.47. The lowest BCUT2D eigenvalue weighted by molar-refractivity contribution is -0.0122. The first-order chi connectivity index (χ1) is 16.9. The van der Waals surface area contributed by atoms with Crippen LogP contribution in [0, 0.1) is 5.82 Å². The van der Waals surface area contributed by atoms with Crippen LogP contribution in [0.25, 0.3) is 5.69 Å². The molecule has 190 valence electrons. The summed E-state index contributed by atoms with van der Waals surface area (Å²) in [6.45, 7) is 8.23. The van der Waals surface area contributed by atoms with Gasteiger partial charge in [-0.15, -0.1) is 0 Å². The molecule has 35 heavy (non-hydrogen) atoms. The highest BCUT2D eigenvalue weighted by molar-refractivity contribution is 5.43. The summed E-state index contributed by atoms with van der Waals surface area (Å²) in [5.41, 5.74) is 2.66. The van der Waals surface area contributed by atoms with Crippen LogP contribution < -0.4 is 4.74 Å². The van der Waals surface area contributed by atoms with Crippen LogP contribution in [0.3, 0.4) is 0 Å². The van der Waals surface area contributed by atoms with Gasteiger partial charge in [0.1, 0.15) is 11.6 Å². The number of benzene rings is 2. The monoisotopic (exact) mass is 485 g/mol. The average molecular weight is 486 g/mol. The molecule has 0 fully saturated rings. The van der Waals surface area contributed by atoms with Gasteiger partial charge in [-0.25, -0.2) is 9.07 Å². The second kappa shape index (κ2) is 13.3. The SMILES string of the molecule is CCc1nn(-c2ccccc2)c(Oc2ccc(F)cc2)c1CN(CCOC)CC(O)COC(C)C. The zero-order valence-electron chi connectivity index (χ0n) is 21.0. The second-order valence-electron chi connectivity index (χ2n) is 8.65. The lowest BCUT2D eigenvalue weighted by Crippen LogP contribution is -2.37. The van der Waals surface area contributed by atoms with Crippen molar-refractivity contribution in [3.8, 4) is 17.3 Å². The number of rotatable bonds is 14. The lowest BCUT2D eigenvalue weighted by atomic mass is 10.1. The third-order valence-corrected chi connectivity index (χ3v) is 5.47. The zero-order valence-corrected chi connectivity index (χ0v) is 21.0. The summed E-state index contributed by atoms with van der Waals surface area (Å²) in [5, 5.41) is 15.4. The highest BCUT2D eigenvalue weighted by atomic mass is 19.1. The van der Waals surface area contributed by atoms with E-state index in [2.05, 4.69) is 4.90 Å². The number of nitrogens with zero attached hydrogens (tertiary/aromatic N) is 3. The van der Waals surface area contributed by atoms with Crippen molar-refractivity contribution in [3.05, 3.63) is 71.7 Å². The van der Waals surface area contributed by atoms with Gasteiger partial charge in [0.25, 0.3) is 0 Å². The number of aliphatic hydroxyl groups excluding tert-OH is 1. The number of aliphatic hydroxyl groups is 1. The minimum Gasteiger partial charge on any atom is -0.439 e. The molecule has 0 radical (unpaired) electrons. The molecule has 7 nitrogen and oxygen atoms in total. The first kappa shape index (κ1) is 26.8. The first-order valence-electron chi connectivity index (χ1n) is 12.0. The number of aromatic nitrogens is 2. The van der Waals surface area contributed by atoms with Crippen molar-refractivity contribution in [3.63, 3.8) is 0 Å². The van der Waals surface area contributed by atoms with E-state index in [1.54, 1.807) is 23.9 Å². The maximum absolute atomic E-state index is 13.5. The number of hydrogen-bond acceptors (Lipinski definition) is 6. The number of hydrogen-bond donors (Lipinski definition) is 1. The summed E-state index contributed by atoms with van der Waals surface area (Å²) in [5.74, 6) is 0.753. The highest BCUT2D eigenvalue weighted by Gasteiger charge is 2.24. The third kappa shape index (κ3) is 7.86. The van der Waals surface area contributed by atoms with Crippen LogP contribution in [0.1, 0.15) is 32.0 Å². The topological polar surface area (TPSA) is 69.0 Å². The molecule has 1 aromatic heterocycles. The fraction of sp³-hybridized carbons (Fsp3) is 0.444. The van der Waals surface area contributed by atoms with E-state index in [1.807, 2.05) is 51.1 Å². The molecule has 8 heteroatoms. The molecule has 0 saturated carbocycles. The van der Waals surface area contributed by atoms with Crippen molar-refractivity contribution in [1.82, 2.24) is 14.7 Å². The Morgan fingerprint density at radius 2 is 1.80 bits per heavy atom. The predicted molar refractivity (Wildman–Crippen MR) is 134 cm³/mol. The standard InChI is InChI=1S/C27H36FN3O4/c1-5-26-25(18-30(15-16-33-4)17-23(32)19-34-20(2)3)27(35-24-13-11-21(28)12-14-24)31(29-26)22-9-7-6-8-10-22/h6-14,20,23,32H,5,15-19H2,1-4H3. The van der Waals surface area contributed by atoms with Gasteiger partial charge in [-0.1, -0.05) is 25.1 Å². The molecule has 0 aliphatic carbocycles. The van der Waals surface area contributed by atoms with E-state index in [0.717, 1.165) is 16.9 Å². The van der Waals surface area contributed by atoms with Crippen molar-refractivity contribution >= 4 is 0 Å². The number of ether oxygens (including phenoxy) is 3. The van der Waals surface area contributed by atoms with E-state index in [0.29, 0.717) is 44.3 Å². The quantitative estimate of drug-likeness (QED) is 0.360. The van der Waals surface area contributed by atoms with Gasteiger partial charge in [-0.3, -0.25) is 4.90 Å². The Bertz CT molecular complexity index is 1020. The lowest BCUT2D eigenvalue weighted by Gasteiger charge is -2.25. The molecule has 1 N–H and O–H groups in total. The van der Waals surface area contributed by atoms with Crippen molar-refractivity contribution in [2.24, 2.45) is 0 Å². The van der Waals surface area contributed by atoms with E-state index >= 15 is 0 Å². The molecule has 0 spiro atoms. The smallest absolute Gasteiger partial charge is 0.227 e. The van der Waals surface area contributed by atoms with Crippen LogP contribution in [-0.2, 0) is 22.4 Å². The van der Waals surface area contributed by atoms with Gasteiger partial charge in [0.15, 0.2) is 0 Å². The summed E-state index contributed by atoms with van der Waals surface area (Å²) in [4.78, 5) is 2.11. The Kier molecular flexibility index (Phi) is 10.2. The average Bonchev–Trinajstić information content (AvgIpc) is 3.20. The summed E-state index contributed by atoms with van der Waals surface area (Å²) >= 11 is 0. The minimum atomic E-state index is -0.648. The molecule has 2 aromatic carbocycles. The number of methoxy groups -OCH3 is 1. The predicted octanol–water partition coefficient (Wildman–Crippen LogP) is 4.60. The van der Waals surface area contributed by atoms with Gasteiger partial charge in [-0.2, -0.15) is 5.10 Å². The van der Waals surface area contributed by atoms with Crippen LogP contribution in [0.15, 0.2) is 54.6 Å². The maximum atomic E-state index is 13.5. The molecule has 0 aliphatic rings. The Hall–Kier alpha value is -2.78. The van der Waals surface area contributed by atoms with Crippen molar-refractivity contribution < 1.29 is 23.7 Å². The molecule has 0 saturated heterocycles. The Labute approximate surface area is 207 Å². The summed E-state index contributed by atoms with van der Waals surface area (Å²) in [7, 11) is 1.66. The number of para-hydroxylation sites is 1. The van der Waals surface area contributed by atoms with Crippen molar-refractivity contribution in [2.45, 2.75) is 45.9 Å². The summed E-state index contributed by atoms with van der Waals surface area (Å²) in [6, 6.07) is 15.7. The van der Waals surface area contributed by atoms with Gasteiger partial charge < -0.3 is 19.3 Å². The van der Waals surface area contributed by atoms with Crippen LogP contribution >= 0.6 is 0 Å². The Morgan fingerprint density at radius 3 is 2.43 bits per heavy atom. The number of aryl methyl sites for hydroxylation is 1. The van der Waals surface area contributed by atoms with Crippen LogP contribution in [-0.4, -0.2) is 65.4 Å². The maximum Gasteiger partial charge on any atom is 0.227 e. The molecule has 0 aliphatic heterocycles. The molecule has 1 unspecified atom stereocenters. The molecule has 0 bridgehead atoms. The van der Waals surface area contributed by atoms with E-state index in [9.17, 15) is 9.50 Å². The Balaban J connectivity index is 1.96. The zero-order chi connectivity index (χ0) is 25.2. The fourth-order valence-electron chi connectivity index (χ4n) is 3.72. The molecule has 3 aromatic rings.